The average Bonchev–Trinajstić information content (AvgIpc) is 2.41. The van der Waals surface area contributed by atoms with Crippen LogP contribution in [0.25, 0.3) is 0 Å². The number of nitrogens with one attached hydrogen (secondary N) is 1. The second-order valence-electron chi connectivity index (χ2n) is 5.37. The van der Waals surface area contributed by atoms with Crippen molar-refractivity contribution in [3.05, 3.63) is 29.8 Å². The van der Waals surface area contributed by atoms with Gasteiger partial charge in [-0.15, -0.1) is 12.4 Å². The smallest absolute Gasteiger partial charge is 0.227 e. The molecule has 0 radical (unpaired) electrons. The van der Waals surface area contributed by atoms with E-state index in [9.17, 15) is 4.79 Å². The largest absolute Gasteiger partial charge is 0.317 e. The topological polar surface area (TPSA) is 32.3 Å². The van der Waals surface area contributed by atoms with Crippen molar-refractivity contribution in [2.75, 3.05) is 24.5 Å². The van der Waals surface area contributed by atoms with Gasteiger partial charge in [0, 0.05) is 18.7 Å². The van der Waals surface area contributed by atoms with Crippen LogP contribution in [0, 0.1) is 12.8 Å². The Kier molecular flexibility index (Phi) is 7.03. The first kappa shape index (κ1) is 17.0. The van der Waals surface area contributed by atoms with Gasteiger partial charge < -0.3 is 10.2 Å². The Morgan fingerprint density at radius 1 is 1.35 bits per heavy atom. The van der Waals surface area contributed by atoms with E-state index in [-0.39, 0.29) is 18.3 Å². The lowest BCUT2D eigenvalue weighted by Gasteiger charge is -2.26. The molecule has 1 fully saturated rings. The van der Waals surface area contributed by atoms with Gasteiger partial charge in [-0.2, -0.15) is 0 Å². The molecule has 1 amide bonds. The molecule has 20 heavy (non-hydrogen) atoms. The first-order chi connectivity index (χ1) is 9.20. The summed E-state index contributed by atoms with van der Waals surface area (Å²) in [6, 6.07) is 8.19. The van der Waals surface area contributed by atoms with Crippen molar-refractivity contribution in [2.24, 2.45) is 5.92 Å². The molecular weight excluding hydrogens is 272 g/mol. The van der Waals surface area contributed by atoms with E-state index in [1.807, 2.05) is 24.0 Å². The maximum absolute atomic E-state index is 12.5. The second-order valence-corrected chi connectivity index (χ2v) is 5.37. The Morgan fingerprint density at radius 2 is 2.05 bits per heavy atom. The van der Waals surface area contributed by atoms with Crippen LogP contribution in [0.15, 0.2) is 24.3 Å². The molecular formula is C16H25ClN2O. The Labute approximate surface area is 128 Å². The lowest BCUT2D eigenvalue weighted by atomic mass is 9.94. The van der Waals surface area contributed by atoms with Gasteiger partial charge in [0.05, 0.1) is 0 Å². The third-order valence-corrected chi connectivity index (χ3v) is 3.85. The summed E-state index contributed by atoms with van der Waals surface area (Å²) in [4.78, 5) is 14.4. The van der Waals surface area contributed by atoms with Crippen molar-refractivity contribution in [3.63, 3.8) is 0 Å². The molecule has 1 aliphatic rings. The Hall–Kier alpha value is -1.06. The summed E-state index contributed by atoms with van der Waals surface area (Å²) in [5.41, 5.74) is 2.23. The number of amides is 1. The molecule has 1 heterocycles. The normalized spacial score (nSPS) is 15.5. The van der Waals surface area contributed by atoms with Gasteiger partial charge in [-0.3, -0.25) is 4.79 Å². The van der Waals surface area contributed by atoms with Crippen molar-refractivity contribution >= 4 is 24.0 Å². The van der Waals surface area contributed by atoms with Crippen LogP contribution in [0.2, 0.25) is 0 Å². The molecule has 1 saturated heterocycles. The van der Waals surface area contributed by atoms with E-state index in [2.05, 4.69) is 24.4 Å². The van der Waals surface area contributed by atoms with Crippen LogP contribution >= 0.6 is 12.4 Å². The Bertz CT molecular complexity index is 430. The van der Waals surface area contributed by atoms with E-state index in [1.54, 1.807) is 0 Å². The highest BCUT2D eigenvalue weighted by Gasteiger charge is 2.21. The van der Waals surface area contributed by atoms with Gasteiger partial charge in [-0.05, 0) is 63.4 Å². The predicted molar refractivity (Wildman–Crippen MR) is 86.7 cm³/mol. The number of hydrogen-bond donors (Lipinski definition) is 1. The molecule has 112 valence electrons. The molecule has 0 aliphatic carbocycles. The van der Waals surface area contributed by atoms with Crippen molar-refractivity contribution in [1.29, 1.82) is 0 Å². The highest BCUT2D eigenvalue weighted by Crippen LogP contribution is 2.21. The third kappa shape index (κ3) is 4.50. The van der Waals surface area contributed by atoms with Gasteiger partial charge in [-0.1, -0.05) is 12.1 Å². The molecule has 1 aliphatic heterocycles. The molecule has 1 aromatic rings. The maximum atomic E-state index is 12.5. The van der Waals surface area contributed by atoms with Crippen molar-refractivity contribution in [2.45, 2.75) is 33.1 Å². The summed E-state index contributed by atoms with van der Waals surface area (Å²) >= 11 is 0. The molecule has 2 rings (SSSR count). The lowest BCUT2D eigenvalue weighted by molar-refractivity contribution is -0.119. The molecule has 0 aromatic heterocycles. The maximum Gasteiger partial charge on any atom is 0.227 e. The van der Waals surface area contributed by atoms with Crippen molar-refractivity contribution in [1.82, 2.24) is 5.32 Å². The number of benzene rings is 1. The van der Waals surface area contributed by atoms with Gasteiger partial charge in [-0.25, -0.2) is 0 Å². The van der Waals surface area contributed by atoms with E-state index in [4.69, 9.17) is 0 Å². The predicted octanol–water partition coefficient (Wildman–Crippen LogP) is 3.16. The van der Waals surface area contributed by atoms with E-state index < -0.39 is 0 Å². The van der Waals surface area contributed by atoms with E-state index in [0.717, 1.165) is 38.2 Å². The van der Waals surface area contributed by atoms with E-state index in [0.29, 0.717) is 12.3 Å². The quantitative estimate of drug-likeness (QED) is 0.926. The molecule has 0 unspecified atom stereocenters. The zero-order valence-electron chi connectivity index (χ0n) is 12.4. The van der Waals surface area contributed by atoms with Crippen LogP contribution < -0.4 is 10.2 Å². The first-order valence-electron chi connectivity index (χ1n) is 7.28. The molecule has 0 bridgehead atoms. The van der Waals surface area contributed by atoms with E-state index >= 15 is 0 Å². The first-order valence-corrected chi connectivity index (χ1v) is 7.28. The number of carbonyl (C=O) groups excluding carboxylic acids is 1. The van der Waals surface area contributed by atoms with Crippen LogP contribution in [0.3, 0.4) is 0 Å². The van der Waals surface area contributed by atoms with Crippen molar-refractivity contribution < 1.29 is 4.79 Å². The molecule has 0 saturated carbocycles. The van der Waals surface area contributed by atoms with Gasteiger partial charge in [0.15, 0.2) is 0 Å². The summed E-state index contributed by atoms with van der Waals surface area (Å²) in [6.45, 7) is 6.95. The molecule has 3 nitrogen and oxygen atoms in total. The van der Waals surface area contributed by atoms with Crippen molar-refractivity contribution in [3.8, 4) is 0 Å². The van der Waals surface area contributed by atoms with Crippen LogP contribution in [-0.4, -0.2) is 25.5 Å². The SMILES string of the molecule is CCN(C(=O)CC1CCNCC1)c1cccc(C)c1.Cl. The van der Waals surface area contributed by atoms with Gasteiger partial charge in [0.1, 0.15) is 0 Å². The highest BCUT2D eigenvalue weighted by atomic mass is 35.5. The number of halogens is 1. The number of piperidine rings is 1. The third-order valence-electron chi connectivity index (χ3n) is 3.85. The van der Waals surface area contributed by atoms with E-state index in [1.165, 1.54) is 5.56 Å². The fourth-order valence-electron chi connectivity index (χ4n) is 2.74. The number of aryl methyl sites for hydroxylation is 1. The number of anilines is 1. The average molecular weight is 297 g/mol. The second kappa shape index (κ2) is 8.28. The Balaban J connectivity index is 0.00000200. The van der Waals surface area contributed by atoms with Crippen LogP contribution in [-0.2, 0) is 4.79 Å². The molecule has 1 N–H and O–H groups in total. The van der Waals surface area contributed by atoms with Gasteiger partial charge >= 0.3 is 0 Å². The molecule has 0 spiro atoms. The summed E-state index contributed by atoms with van der Waals surface area (Å²) in [5, 5.41) is 3.35. The Morgan fingerprint density at radius 3 is 2.65 bits per heavy atom. The van der Waals surface area contributed by atoms with Crippen LogP contribution in [0.5, 0.6) is 0 Å². The van der Waals surface area contributed by atoms with Gasteiger partial charge in [0.2, 0.25) is 5.91 Å². The zero-order valence-corrected chi connectivity index (χ0v) is 13.2. The minimum Gasteiger partial charge on any atom is -0.317 e. The standard InChI is InChI=1S/C16H24N2O.ClH/c1-3-18(15-6-4-5-13(2)11-15)16(19)12-14-7-9-17-10-8-14;/h4-6,11,14,17H,3,7-10,12H2,1-2H3;1H. The monoisotopic (exact) mass is 296 g/mol. The fraction of sp³-hybridized carbons (Fsp3) is 0.562. The van der Waals surface area contributed by atoms with Crippen LogP contribution in [0.1, 0.15) is 31.7 Å². The number of carbonyl (C=O) groups is 1. The highest BCUT2D eigenvalue weighted by molar-refractivity contribution is 5.93. The minimum absolute atomic E-state index is 0. The number of nitrogens with zero attached hydrogens (tertiary/aromatic N) is 1. The zero-order chi connectivity index (χ0) is 13.7. The fourth-order valence-corrected chi connectivity index (χ4v) is 2.74. The minimum atomic E-state index is 0. The van der Waals surface area contributed by atoms with Gasteiger partial charge in [0.25, 0.3) is 0 Å². The summed E-state index contributed by atoms with van der Waals surface area (Å²) in [7, 11) is 0. The molecule has 1 aromatic carbocycles. The lowest BCUT2D eigenvalue weighted by Crippen LogP contribution is -2.35. The summed E-state index contributed by atoms with van der Waals surface area (Å²) in [5.74, 6) is 0.813. The van der Waals surface area contributed by atoms with Crippen LogP contribution in [0.4, 0.5) is 5.69 Å². The summed E-state index contributed by atoms with van der Waals surface area (Å²) in [6.07, 6.45) is 2.93. The summed E-state index contributed by atoms with van der Waals surface area (Å²) < 4.78 is 0. The molecule has 0 atom stereocenters. The number of hydrogen-bond acceptors (Lipinski definition) is 2. The number of rotatable bonds is 4. The molecule has 4 heteroatoms.